The number of hydrogen-bond acceptors (Lipinski definition) is 9. The quantitative estimate of drug-likeness (QED) is 0.0659. The summed E-state index contributed by atoms with van der Waals surface area (Å²) in [5, 5.41) is 32.0. The van der Waals surface area contributed by atoms with E-state index in [-0.39, 0.29) is 33.3 Å². The molecule has 0 bridgehead atoms. The highest BCUT2D eigenvalue weighted by Gasteiger charge is 2.21. The lowest BCUT2D eigenvalue weighted by atomic mass is 10.1. The van der Waals surface area contributed by atoms with E-state index in [0.29, 0.717) is 22.1 Å². The van der Waals surface area contributed by atoms with Gasteiger partial charge < -0.3 is 31.5 Å². The molecule has 0 fully saturated rings. The van der Waals surface area contributed by atoms with Crippen molar-refractivity contribution in [3.8, 4) is 11.5 Å². The second-order valence-corrected chi connectivity index (χ2v) is 14.0. The summed E-state index contributed by atoms with van der Waals surface area (Å²) in [6.07, 6.45) is 0. The van der Waals surface area contributed by atoms with Crippen molar-refractivity contribution in [1.82, 2.24) is 0 Å². The molecular formula is C35H26N4O11S2. The van der Waals surface area contributed by atoms with Gasteiger partial charge in [-0.05, 0) is 83.6 Å². The first-order valence-electron chi connectivity index (χ1n) is 15.0. The molecule has 17 heteroatoms. The van der Waals surface area contributed by atoms with Gasteiger partial charge in [0, 0.05) is 33.3 Å². The van der Waals surface area contributed by atoms with Gasteiger partial charge in [0.05, 0.1) is 11.4 Å². The number of aromatic hydroxyl groups is 2. The third-order valence-electron chi connectivity index (χ3n) is 7.82. The van der Waals surface area contributed by atoms with Crippen molar-refractivity contribution in [1.29, 1.82) is 0 Å². The van der Waals surface area contributed by atoms with Gasteiger partial charge in [0.1, 0.15) is 21.3 Å². The summed E-state index contributed by atoms with van der Waals surface area (Å²) >= 11 is 0. The zero-order valence-corrected chi connectivity index (χ0v) is 28.0. The Morgan fingerprint density at radius 2 is 0.827 bits per heavy atom. The lowest BCUT2D eigenvalue weighted by Crippen LogP contribution is -2.20. The Balaban J connectivity index is 1.07. The Hall–Kier alpha value is -6.53. The molecule has 0 unspecified atom stereocenters. The highest BCUT2D eigenvalue weighted by atomic mass is 32.2. The Labute approximate surface area is 295 Å². The van der Waals surface area contributed by atoms with Crippen molar-refractivity contribution in [3.05, 3.63) is 120 Å². The van der Waals surface area contributed by atoms with E-state index in [2.05, 4.69) is 21.3 Å². The third-order valence-corrected chi connectivity index (χ3v) is 9.61. The van der Waals surface area contributed by atoms with E-state index in [1.165, 1.54) is 97.1 Å². The molecule has 0 radical (unpaired) electrons. The molecule has 6 rings (SSSR count). The lowest BCUT2D eigenvalue weighted by molar-refractivity contribution is 0.101. The molecule has 0 spiro atoms. The van der Waals surface area contributed by atoms with Gasteiger partial charge in [-0.1, -0.05) is 36.4 Å². The van der Waals surface area contributed by atoms with Gasteiger partial charge in [-0.2, -0.15) is 16.8 Å². The van der Waals surface area contributed by atoms with Crippen LogP contribution in [0.2, 0.25) is 0 Å². The Morgan fingerprint density at radius 1 is 0.462 bits per heavy atom. The fourth-order valence-electron chi connectivity index (χ4n) is 5.38. The number of phenolic OH excluding ortho intramolecular Hbond substituents is 2. The van der Waals surface area contributed by atoms with Crippen LogP contribution in [-0.4, -0.2) is 54.0 Å². The summed E-state index contributed by atoms with van der Waals surface area (Å²) in [4.78, 5) is 37.4. The molecule has 0 heterocycles. The maximum atomic E-state index is 12.9. The van der Waals surface area contributed by atoms with Crippen LogP contribution in [0, 0.1) is 0 Å². The smallest absolute Gasteiger partial charge is 0.323 e. The Bertz CT molecular complexity index is 2460. The van der Waals surface area contributed by atoms with Crippen molar-refractivity contribution in [2.24, 2.45) is 0 Å². The van der Waals surface area contributed by atoms with E-state index in [1.807, 2.05) is 0 Å². The van der Waals surface area contributed by atoms with Crippen LogP contribution in [0.4, 0.5) is 27.5 Å². The van der Waals surface area contributed by atoms with Gasteiger partial charge in [0.2, 0.25) is 0 Å². The van der Waals surface area contributed by atoms with Crippen molar-refractivity contribution in [2.75, 3.05) is 21.3 Å². The number of benzene rings is 6. The first-order valence-corrected chi connectivity index (χ1v) is 17.8. The van der Waals surface area contributed by atoms with Gasteiger partial charge in [-0.3, -0.25) is 18.7 Å². The monoisotopic (exact) mass is 742 g/mol. The van der Waals surface area contributed by atoms with Crippen LogP contribution in [0.3, 0.4) is 0 Å². The predicted octanol–water partition coefficient (Wildman–Crippen LogP) is 6.05. The first-order chi connectivity index (χ1) is 24.6. The molecule has 0 saturated carbocycles. The molecule has 0 saturated heterocycles. The van der Waals surface area contributed by atoms with Crippen LogP contribution in [0.15, 0.2) is 119 Å². The average molecular weight is 743 g/mol. The molecule has 4 amide bonds. The standard InChI is InChI=1S/C35H26N4O11S2/c40-31-25(17-11-19-3-1-5-27(29(19)31)51(45,46)47)38-33(42)21-7-13-23(14-8-21)36-35(44)37-24-15-9-22(10-16-24)34(43)39-26-18-12-20-4-2-6-28(52(48,49)50)30(20)32(26)41/h1-18,40-41H,(H,38,42)(H,39,43)(H2,36,37,44)(H,45,46,47)(H,48,49,50). The minimum Gasteiger partial charge on any atom is -0.505 e. The predicted molar refractivity (Wildman–Crippen MR) is 192 cm³/mol. The number of fused-ring (bicyclic) bond motifs is 2. The van der Waals surface area contributed by atoms with Crippen LogP contribution >= 0.6 is 0 Å². The molecule has 0 aromatic heterocycles. The largest absolute Gasteiger partial charge is 0.505 e. The van der Waals surface area contributed by atoms with Crippen LogP contribution in [0.25, 0.3) is 21.5 Å². The number of carbonyl (C=O) groups is 3. The highest BCUT2D eigenvalue weighted by Crippen LogP contribution is 2.38. The van der Waals surface area contributed by atoms with E-state index in [9.17, 15) is 50.5 Å². The second kappa shape index (κ2) is 13.6. The molecule has 6 aromatic rings. The number of rotatable bonds is 8. The zero-order chi connectivity index (χ0) is 37.4. The number of carbonyl (C=O) groups excluding carboxylic acids is 3. The van der Waals surface area contributed by atoms with Crippen molar-refractivity contribution < 1.29 is 50.5 Å². The molecule has 0 aliphatic heterocycles. The van der Waals surface area contributed by atoms with Gasteiger partial charge >= 0.3 is 6.03 Å². The lowest BCUT2D eigenvalue weighted by Gasteiger charge is -2.13. The van der Waals surface area contributed by atoms with E-state index >= 15 is 0 Å². The van der Waals surface area contributed by atoms with Gasteiger partial charge in [0.25, 0.3) is 32.1 Å². The summed E-state index contributed by atoms with van der Waals surface area (Å²) in [5.41, 5.74) is 0.698. The summed E-state index contributed by atoms with van der Waals surface area (Å²) < 4.78 is 66.4. The number of amides is 4. The van der Waals surface area contributed by atoms with Crippen molar-refractivity contribution in [2.45, 2.75) is 9.79 Å². The van der Waals surface area contributed by atoms with E-state index in [0.717, 1.165) is 12.1 Å². The normalized spacial score (nSPS) is 11.6. The molecule has 52 heavy (non-hydrogen) atoms. The number of phenols is 2. The van der Waals surface area contributed by atoms with Crippen molar-refractivity contribution in [3.63, 3.8) is 0 Å². The van der Waals surface area contributed by atoms with Crippen LogP contribution in [-0.2, 0) is 20.2 Å². The molecule has 264 valence electrons. The molecule has 0 aliphatic carbocycles. The second-order valence-electron chi connectivity index (χ2n) is 11.2. The maximum absolute atomic E-state index is 12.9. The number of anilines is 4. The van der Waals surface area contributed by atoms with E-state index in [1.54, 1.807) is 0 Å². The number of urea groups is 1. The van der Waals surface area contributed by atoms with Crippen molar-refractivity contribution >= 4 is 82.4 Å². The summed E-state index contributed by atoms with van der Waals surface area (Å²) in [6, 6.07) is 24.5. The van der Waals surface area contributed by atoms with E-state index < -0.39 is 59.4 Å². The van der Waals surface area contributed by atoms with Gasteiger partial charge in [-0.15, -0.1) is 0 Å². The fourth-order valence-corrected chi connectivity index (χ4v) is 6.82. The Morgan fingerprint density at radius 3 is 1.17 bits per heavy atom. The minimum atomic E-state index is -4.67. The van der Waals surface area contributed by atoms with Crippen LogP contribution in [0.1, 0.15) is 20.7 Å². The molecule has 15 nitrogen and oxygen atoms in total. The highest BCUT2D eigenvalue weighted by molar-refractivity contribution is 7.86. The third kappa shape index (κ3) is 7.32. The minimum absolute atomic E-state index is 0.0974. The average Bonchev–Trinajstić information content (AvgIpc) is 3.10. The van der Waals surface area contributed by atoms with E-state index in [4.69, 9.17) is 0 Å². The van der Waals surface area contributed by atoms with Gasteiger partial charge in [-0.25, -0.2) is 4.79 Å². The number of nitrogens with one attached hydrogen (secondary N) is 4. The summed E-state index contributed by atoms with van der Waals surface area (Å²) in [7, 11) is -9.34. The Kier molecular flexibility index (Phi) is 9.26. The fraction of sp³-hybridized carbons (Fsp3) is 0. The zero-order valence-electron chi connectivity index (χ0n) is 26.4. The summed E-state index contributed by atoms with van der Waals surface area (Å²) in [5.74, 6) is -2.41. The number of hydrogen-bond donors (Lipinski definition) is 8. The molecule has 0 atom stereocenters. The molecule has 0 aliphatic rings. The SMILES string of the molecule is O=C(Nc1ccc(C(=O)Nc2ccc3cccc(S(=O)(=O)O)c3c2O)cc1)Nc1ccc(C(=O)Nc2ccc3cccc(S(=O)(=O)O)c3c2O)cc1. The van der Waals surface area contributed by atoms with Crippen LogP contribution < -0.4 is 21.3 Å². The molecule has 6 aromatic carbocycles. The molecule has 8 N–H and O–H groups in total. The maximum Gasteiger partial charge on any atom is 0.323 e. The first kappa shape index (κ1) is 35.3. The summed E-state index contributed by atoms with van der Waals surface area (Å²) in [6.45, 7) is 0. The van der Waals surface area contributed by atoms with Crippen LogP contribution in [0.5, 0.6) is 11.5 Å². The topological polar surface area (TPSA) is 249 Å². The molecular weight excluding hydrogens is 717 g/mol. The van der Waals surface area contributed by atoms with Gasteiger partial charge in [0.15, 0.2) is 0 Å².